The van der Waals surface area contributed by atoms with Crippen LogP contribution in [-0.4, -0.2) is 17.4 Å². The second-order valence-electron chi connectivity index (χ2n) is 4.07. The standard InChI is InChI=1S/C13H14ClN3OS/c1-8-17-9(7-19-8)5-6-16-13(18)12-10(14)3-2-4-11(12)15/h2-4,7H,5-6,15H2,1H3,(H,16,18). The van der Waals surface area contributed by atoms with Crippen LogP contribution in [0.2, 0.25) is 5.02 Å². The molecule has 0 bridgehead atoms. The highest BCUT2D eigenvalue weighted by Crippen LogP contribution is 2.21. The number of hydrogen-bond acceptors (Lipinski definition) is 4. The maximum Gasteiger partial charge on any atom is 0.254 e. The summed E-state index contributed by atoms with van der Waals surface area (Å²) in [6.07, 6.45) is 0.695. The number of nitrogen functional groups attached to an aromatic ring is 1. The van der Waals surface area contributed by atoms with Gasteiger partial charge in [0.2, 0.25) is 0 Å². The fourth-order valence-corrected chi connectivity index (χ4v) is 2.61. The van der Waals surface area contributed by atoms with Crippen LogP contribution in [0.4, 0.5) is 5.69 Å². The van der Waals surface area contributed by atoms with Gasteiger partial charge in [0.05, 0.1) is 21.3 Å². The monoisotopic (exact) mass is 295 g/mol. The quantitative estimate of drug-likeness (QED) is 0.852. The van der Waals surface area contributed by atoms with Crippen molar-refractivity contribution in [3.63, 3.8) is 0 Å². The number of nitrogens with one attached hydrogen (secondary N) is 1. The van der Waals surface area contributed by atoms with Crippen molar-refractivity contribution in [3.8, 4) is 0 Å². The number of thiazole rings is 1. The van der Waals surface area contributed by atoms with Crippen LogP contribution in [0.1, 0.15) is 21.1 Å². The number of carbonyl (C=O) groups excluding carboxylic acids is 1. The minimum Gasteiger partial charge on any atom is -0.398 e. The van der Waals surface area contributed by atoms with E-state index in [0.29, 0.717) is 29.2 Å². The number of halogens is 1. The van der Waals surface area contributed by atoms with E-state index in [1.54, 1.807) is 29.5 Å². The van der Waals surface area contributed by atoms with Gasteiger partial charge in [-0.3, -0.25) is 4.79 Å². The zero-order valence-corrected chi connectivity index (χ0v) is 12.0. The van der Waals surface area contributed by atoms with E-state index < -0.39 is 0 Å². The van der Waals surface area contributed by atoms with Crippen molar-refractivity contribution in [1.29, 1.82) is 0 Å². The van der Waals surface area contributed by atoms with Crippen LogP contribution >= 0.6 is 22.9 Å². The largest absolute Gasteiger partial charge is 0.398 e. The summed E-state index contributed by atoms with van der Waals surface area (Å²) in [6.45, 7) is 2.46. The summed E-state index contributed by atoms with van der Waals surface area (Å²) in [6, 6.07) is 5.02. The Bertz CT molecular complexity index is 577. The predicted molar refractivity (Wildman–Crippen MR) is 78.8 cm³/mol. The first-order valence-electron chi connectivity index (χ1n) is 5.81. The first kappa shape index (κ1) is 13.8. The Kier molecular flexibility index (Phi) is 4.39. The number of aromatic nitrogens is 1. The van der Waals surface area contributed by atoms with Gasteiger partial charge in [0.15, 0.2) is 0 Å². The topological polar surface area (TPSA) is 68.0 Å². The van der Waals surface area contributed by atoms with Gasteiger partial charge < -0.3 is 11.1 Å². The molecule has 4 nitrogen and oxygen atoms in total. The number of carbonyl (C=O) groups is 1. The van der Waals surface area contributed by atoms with Crippen molar-refractivity contribution >= 4 is 34.5 Å². The van der Waals surface area contributed by atoms with Crippen LogP contribution < -0.4 is 11.1 Å². The molecule has 0 fully saturated rings. The van der Waals surface area contributed by atoms with Crippen molar-refractivity contribution in [2.75, 3.05) is 12.3 Å². The number of nitrogens with zero attached hydrogens (tertiary/aromatic N) is 1. The highest BCUT2D eigenvalue weighted by Gasteiger charge is 2.13. The van der Waals surface area contributed by atoms with Gasteiger partial charge in [-0.25, -0.2) is 4.98 Å². The normalized spacial score (nSPS) is 10.4. The summed E-state index contributed by atoms with van der Waals surface area (Å²) in [4.78, 5) is 16.3. The number of hydrogen-bond donors (Lipinski definition) is 2. The van der Waals surface area contributed by atoms with Crippen molar-refractivity contribution in [3.05, 3.63) is 44.9 Å². The minimum absolute atomic E-state index is 0.255. The maximum atomic E-state index is 12.0. The highest BCUT2D eigenvalue weighted by atomic mass is 35.5. The minimum atomic E-state index is -0.255. The van der Waals surface area contributed by atoms with Gasteiger partial charge in [-0.2, -0.15) is 0 Å². The first-order valence-corrected chi connectivity index (χ1v) is 7.07. The average Bonchev–Trinajstić information content (AvgIpc) is 2.75. The summed E-state index contributed by atoms with van der Waals surface area (Å²) in [7, 11) is 0. The van der Waals surface area contributed by atoms with Gasteiger partial charge in [-0.05, 0) is 19.1 Å². The zero-order valence-electron chi connectivity index (χ0n) is 10.4. The molecule has 1 heterocycles. The van der Waals surface area contributed by atoms with Crippen LogP contribution in [0.5, 0.6) is 0 Å². The van der Waals surface area contributed by atoms with Gasteiger partial charge in [-0.15, -0.1) is 11.3 Å². The molecule has 0 aliphatic heterocycles. The number of benzene rings is 1. The molecule has 0 aliphatic carbocycles. The number of anilines is 1. The van der Waals surface area contributed by atoms with Gasteiger partial charge in [0.25, 0.3) is 5.91 Å². The van der Waals surface area contributed by atoms with E-state index in [2.05, 4.69) is 10.3 Å². The lowest BCUT2D eigenvalue weighted by atomic mass is 10.1. The molecule has 0 unspecified atom stereocenters. The number of rotatable bonds is 4. The molecular formula is C13H14ClN3OS. The van der Waals surface area contributed by atoms with Crippen LogP contribution in [-0.2, 0) is 6.42 Å². The molecule has 0 saturated heterocycles. The molecule has 0 spiro atoms. The number of amides is 1. The molecule has 0 radical (unpaired) electrons. The van der Waals surface area contributed by atoms with Crippen molar-refractivity contribution in [2.24, 2.45) is 0 Å². The van der Waals surface area contributed by atoms with Gasteiger partial charge in [0.1, 0.15) is 0 Å². The molecule has 0 aliphatic rings. The fourth-order valence-electron chi connectivity index (χ4n) is 1.70. The van der Waals surface area contributed by atoms with Crippen LogP contribution in [0.15, 0.2) is 23.6 Å². The maximum absolute atomic E-state index is 12.0. The van der Waals surface area contributed by atoms with E-state index in [0.717, 1.165) is 10.7 Å². The Labute approximate surface area is 120 Å². The molecule has 2 aromatic rings. The average molecular weight is 296 g/mol. The molecule has 0 saturated carbocycles. The lowest BCUT2D eigenvalue weighted by Gasteiger charge is -2.08. The van der Waals surface area contributed by atoms with E-state index in [-0.39, 0.29) is 5.91 Å². The third kappa shape index (κ3) is 3.45. The van der Waals surface area contributed by atoms with Gasteiger partial charge in [0, 0.05) is 24.0 Å². The van der Waals surface area contributed by atoms with Crippen LogP contribution in [0.25, 0.3) is 0 Å². The Morgan fingerprint density at radius 3 is 2.95 bits per heavy atom. The Balaban J connectivity index is 1.94. The summed E-state index contributed by atoms with van der Waals surface area (Å²) in [5, 5.41) is 6.18. The summed E-state index contributed by atoms with van der Waals surface area (Å²) < 4.78 is 0. The van der Waals surface area contributed by atoms with Crippen LogP contribution in [0.3, 0.4) is 0 Å². The third-order valence-electron chi connectivity index (χ3n) is 2.61. The SMILES string of the molecule is Cc1nc(CCNC(=O)c2c(N)cccc2Cl)cs1. The second-order valence-corrected chi connectivity index (χ2v) is 5.54. The lowest BCUT2D eigenvalue weighted by molar-refractivity contribution is 0.0955. The number of aryl methyl sites for hydroxylation is 1. The van der Waals surface area contributed by atoms with E-state index >= 15 is 0 Å². The predicted octanol–water partition coefficient (Wildman–Crippen LogP) is 2.66. The molecule has 3 N–H and O–H groups in total. The van der Waals surface area contributed by atoms with E-state index in [1.165, 1.54) is 0 Å². The van der Waals surface area contributed by atoms with E-state index in [9.17, 15) is 4.79 Å². The van der Waals surface area contributed by atoms with Crippen LogP contribution in [0, 0.1) is 6.92 Å². The van der Waals surface area contributed by atoms with E-state index in [1.807, 2.05) is 12.3 Å². The Morgan fingerprint density at radius 2 is 2.32 bits per heavy atom. The van der Waals surface area contributed by atoms with Gasteiger partial charge in [-0.1, -0.05) is 17.7 Å². The zero-order chi connectivity index (χ0) is 13.8. The molecule has 2 rings (SSSR count). The Morgan fingerprint density at radius 1 is 1.53 bits per heavy atom. The molecule has 1 aromatic carbocycles. The molecular weight excluding hydrogens is 282 g/mol. The highest BCUT2D eigenvalue weighted by molar-refractivity contribution is 7.09. The number of nitrogens with two attached hydrogens (primary N) is 1. The van der Waals surface area contributed by atoms with E-state index in [4.69, 9.17) is 17.3 Å². The smallest absolute Gasteiger partial charge is 0.254 e. The summed E-state index contributed by atoms with van der Waals surface area (Å²) >= 11 is 7.57. The summed E-state index contributed by atoms with van der Waals surface area (Å²) in [5.74, 6) is -0.255. The van der Waals surface area contributed by atoms with Crippen molar-refractivity contribution in [2.45, 2.75) is 13.3 Å². The molecule has 6 heteroatoms. The first-order chi connectivity index (χ1) is 9.08. The lowest BCUT2D eigenvalue weighted by Crippen LogP contribution is -2.26. The molecule has 19 heavy (non-hydrogen) atoms. The fraction of sp³-hybridized carbons (Fsp3) is 0.231. The molecule has 0 atom stereocenters. The van der Waals surface area contributed by atoms with Crippen molar-refractivity contribution < 1.29 is 4.79 Å². The summed E-state index contributed by atoms with van der Waals surface area (Å²) in [5.41, 5.74) is 7.45. The van der Waals surface area contributed by atoms with Gasteiger partial charge >= 0.3 is 0 Å². The molecule has 100 valence electrons. The molecule has 1 aromatic heterocycles. The Hall–Kier alpha value is -1.59. The third-order valence-corrected chi connectivity index (χ3v) is 3.74. The second kappa shape index (κ2) is 6.04. The molecule has 1 amide bonds. The van der Waals surface area contributed by atoms with Crippen molar-refractivity contribution in [1.82, 2.24) is 10.3 Å².